The van der Waals surface area contributed by atoms with Crippen LogP contribution in [0.25, 0.3) is 0 Å². The van der Waals surface area contributed by atoms with E-state index < -0.39 is 5.91 Å². The average Bonchev–Trinajstić information content (AvgIpc) is 3.09. The number of carbonyl (C=O) groups is 2. The maximum absolute atomic E-state index is 12.5. The summed E-state index contributed by atoms with van der Waals surface area (Å²) in [4.78, 5) is 28.1. The Morgan fingerprint density at radius 3 is 2.00 bits per heavy atom. The zero-order valence-electron chi connectivity index (χ0n) is 12.8. The van der Waals surface area contributed by atoms with Crippen LogP contribution in [0.3, 0.4) is 0 Å². The third-order valence-electron chi connectivity index (χ3n) is 4.83. The van der Waals surface area contributed by atoms with E-state index in [9.17, 15) is 9.59 Å². The Bertz CT molecular complexity index is 542. The van der Waals surface area contributed by atoms with E-state index in [1.54, 1.807) is 24.3 Å². The van der Waals surface area contributed by atoms with Crippen LogP contribution in [0, 0.1) is 0 Å². The maximum atomic E-state index is 12.5. The predicted molar refractivity (Wildman–Crippen MR) is 84.7 cm³/mol. The molecule has 0 radical (unpaired) electrons. The molecule has 0 aliphatic carbocycles. The van der Waals surface area contributed by atoms with Crippen molar-refractivity contribution in [3.63, 3.8) is 0 Å². The number of primary amides is 1. The number of benzene rings is 1. The molecule has 118 valence electrons. The lowest BCUT2D eigenvalue weighted by molar-refractivity contribution is 0.0644. The Morgan fingerprint density at radius 2 is 1.45 bits per heavy atom. The van der Waals surface area contributed by atoms with Gasteiger partial charge in [0.25, 0.3) is 5.91 Å². The second-order valence-corrected chi connectivity index (χ2v) is 6.21. The molecule has 5 heteroatoms. The highest BCUT2D eigenvalue weighted by atomic mass is 16.2. The summed E-state index contributed by atoms with van der Waals surface area (Å²) in [6.07, 6.45) is 4.74. The van der Waals surface area contributed by atoms with Gasteiger partial charge in [0.15, 0.2) is 0 Å². The van der Waals surface area contributed by atoms with Crippen LogP contribution in [0.4, 0.5) is 0 Å². The predicted octanol–water partition coefficient (Wildman–Crippen LogP) is 1.49. The molecule has 5 nitrogen and oxygen atoms in total. The molecular formula is C17H23N3O2. The SMILES string of the molecule is NC(=O)c1ccc(C(=O)N2CCC(N3CCCC3)CC2)cc1. The summed E-state index contributed by atoms with van der Waals surface area (Å²) in [5, 5.41) is 0. The lowest BCUT2D eigenvalue weighted by atomic mass is 10.0. The van der Waals surface area contributed by atoms with E-state index in [0.29, 0.717) is 17.2 Å². The number of likely N-dealkylation sites (tertiary alicyclic amines) is 2. The molecule has 2 aliphatic heterocycles. The first-order valence-electron chi connectivity index (χ1n) is 8.08. The van der Waals surface area contributed by atoms with Gasteiger partial charge in [-0.1, -0.05) is 0 Å². The monoisotopic (exact) mass is 301 g/mol. The number of piperidine rings is 1. The van der Waals surface area contributed by atoms with Crippen molar-refractivity contribution < 1.29 is 9.59 Å². The summed E-state index contributed by atoms with van der Waals surface area (Å²) in [6, 6.07) is 7.26. The number of nitrogens with two attached hydrogens (primary N) is 1. The molecule has 2 fully saturated rings. The fourth-order valence-corrected chi connectivity index (χ4v) is 3.50. The highest BCUT2D eigenvalue weighted by Gasteiger charge is 2.28. The van der Waals surface area contributed by atoms with E-state index in [0.717, 1.165) is 25.9 Å². The second kappa shape index (κ2) is 6.48. The van der Waals surface area contributed by atoms with Gasteiger partial charge in [-0.15, -0.1) is 0 Å². The zero-order valence-corrected chi connectivity index (χ0v) is 12.8. The number of carbonyl (C=O) groups excluding carboxylic acids is 2. The molecule has 22 heavy (non-hydrogen) atoms. The normalized spacial score (nSPS) is 20.3. The van der Waals surface area contributed by atoms with Gasteiger partial charge in [0, 0.05) is 30.3 Å². The molecule has 0 unspecified atom stereocenters. The summed E-state index contributed by atoms with van der Waals surface area (Å²) < 4.78 is 0. The molecule has 0 bridgehead atoms. The molecule has 1 aromatic rings. The van der Waals surface area contributed by atoms with Gasteiger partial charge < -0.3 is 15.5 Å². The lowest BCUT2D eigenvalue weighted by Crippen LogP contribution is -2.45. The average molecular weight is 301 g/mol. The molecule has 2 amide bonds. The van der Waals surface area contributed by atoms with Crippen molar-refractivity contribution in [3.05, 3.63) is 35.4 Å². The fourth-order valence-electron chi connectivity index (χ4n) is 3.50. The summed E-state index contributed by atoms with van der Waals surface area (Å²) >= 11 is 0. The Hall–Kier alpha value is -1.88. The minimum atomic E-state index is -0.467. The van der Waals surface area contributed by atoms with Crippen molar-refractivity contribution in [2.75, 3.05) is 26.2 Å². The van der Waals surface area contributed by atoms with Crippen molar-refractivity contribution in [3.8, 4) is 0 Å². The number of amides is 2. The minimum absolute atomic E-state index is 0.0518. The van der Waals surface area contributed by atoms with Crippen molar-refractivity contribution in [2.24, 2.45) is 5.73 Å². The minimum Gasteiger partial charge on any atom is -0.366 e. The topological polar surface area (TPSA) is 66.6 Å². The lowest BCUT2D eigenvalue weighted by Gasteiger charge is -2.36. The standard InChI is InChI=1S/C17H23N3O2/c18-16(21)13-3-5-14(6-4-13)17(22)20-11-7-15(8-12-20)19-9-1-2-10-19/h3-6,15H,1-2,7-12H2,(H2,18,21). The smallest absolute Gasteiger partial charge is 0.253 e. The first-order chi connectivity index (χ1) is 10.6. The van der Waals surface area contributed by atoms with Crippen LogP contribution in [0.2, 0.25) is 0 Å². The van der Waals surface area contributed by atoms with Gasteiger partial charge in [-0.3, -0.25) is 9.59 Å². The molecule has 3 rings (SSSR count). The molecule has 0 spiro atoms. The van der Waals surface area contributed by atoms with E-state index in [4.69, 9.17) is 5.73 Å². The van der Waals surface area contributed by atoms with Crippen LogP contribution >= 0.6 is 0 Å². The van der Waals surface area contributed by atoms with E-state index in [1.807, 2.05) is 4.90 Å². The van der Waals surface area contributed by atoms with Crippen LogP contribution in [0.1, 0.15) is 46.4 Å². The van der Waals surface area contributed by atoms with Crippen LogP contribution < -0.4 is 5.73 Å². The second-order valence-electron chi connectivity index (χ2n) is 6.21. The first kappa shape index (κ1) is 15.0. The Balaban J connectivity index is 1.58. The van der Waals surface area contributed by atoms with Gasteiger partial charge in [-0.2, -0.15) is 0 Å². The quantitative estimate of drug-likeness (QED) is 0.919. The van der Waals surface area contributed by atoms with Crippen LogP contribution in [-0.2, 0) is 0 Å². The van der Waals surface area contributed by atoms with E-state index >= 15 is 0 Å². The van der Waals surface area contributed by atoms with Crippen molar-refractivity contribution in [1.82, 2.24) is 9.80 Å². The molecule has 2 heterocycles. The molecule has 1 aromatic carbocycles. The molecule has 0 aromatic heterocycles. The molecular weight excluding hydrogens is 278 g/mol. The summed E-state index contributed by atoms with van der Waals surface area (Å²) in [5.41, 5.74) is 6.28. The van der Waals surface area contributed by atoms with E-state index in [1.165, 1.54) is 25.9 Å². The molecule has 2 aliphatic rings. The summed E-state index contributed by atoms with van der Waals surface area (Å²) in [6.45, 7) is 4.07. The number of hydrogen-bond acceptors (Lipinski definition) is 3. The summed E-state index contributed by atoms with van der Waals surface area (Å²) in [5.74, 6) is -0.415. The highest BCUT2D eigenvalue weighted by Crippen LogP contribution is 2.22. The largest absolute Gasteiger partial charge is 0.366 e. The van der Waals surface area contributed by atoms with Crippen molar-refractivity contribution in [1.29, 1.82) is 0 Å². The Kier molecular flexibility index (Phi) is 4.43. The van der Waals surface area contributed by atoms with Gasteiger partial charge in [-0.05, 0) is 63.0 Å². The molecule has 2 saturated heterocycles. The zero-order chi connectivity index (χ0) is 15.5. The van der Waals surface area contributed by atoms with Gasteiger partial charge in [-0.25, -0.2) is 0 Å². The van der Waals surface area contributed by atoms with Crippen LogP contribution in [-0.4, -0.2) is 53.8 Å². The molecule has 0 saturated carbocycles. The first-order valence-corrected chi connectivity index (χ1v) is 8.08. The van der Waals surface area contributed by atoms with Gasteiger partial charge >= 0.3 is 0 Å². The molecule has 0 atom stereocenters. The highest BCUT2D eigenvalue weighted by molar-refractivity contribution is 5.97. The Labute approximate surface area is 131 Å². The van der Waals surface area contributed by atoms with E-state index in [2.05, 4.69) is 4.90 Å². The van der Waals surface area contributed by atoms with Crippen LogP contribution in [0.5, 0.6) is 0 Å². The number of hydrogen-bond donors (Lipinski definition) is 1. The van der Waals surface area contributed by atoms with Gasteiger partial charge in [0.2, 0.25) is 5.91 Å². The maximum Gasteiger partial charge on any atom is 0.253 e. The van der Waals surface area contributed by atoms with Crippen LogP contribution in [0.15, 0.2) is 24.3 Å². The third-order valence-corrected chi connectivity index (χ3v) is 4.83. The fraction of sp³-hybridized carbons (Fsp3) is 0.529. The van der Waals surface area contributed by atoms with Crippen molar-refractivity contribution in [2.45, 2.75) is 31.7 Å². The Morgan fingerprint density at radius 1 is 0.909 bits per heavy atom. The summed E-state index contributed by atoms with van der Waals surface area (Å²) in [7, 11) is 0. The third kappa shape index (κ3) is 3.14. The number of rotatable bonds is 3. The van der Waals surface area contributed by atoms with Crippen molar-refractivity contribution >= 4 is 11.8 Å². The van der Waals surface area contributed by atoms with Gasteiger partial charge in [0.05, 0.1) is 0 Å². The molecule has 2 N–H and O–H groups in total. The van der Waals surface area contributed by atoms with Gasteiger partial charge in [0.1, 0.15) is 0 Å². The van der Waals surface area contributed by atoms with E-state index in [-0.39, 0.29) is 5.91 Å². The number of nitrogens with zero attached hydrogens (tertiary/aromatic N) is 2.